The van der Waals surface area contributed by atoms with E-state index in [0.717, 1.165) is 18.4 Å². The summed E-state index contributed by atoms with van der Waals surface area (Å²) >= 11 is 3.48. The van der Waals surface area contributed by atoms with E-state index in [2.05, 4.69) is 20.9 Å². The highest BCUT2D eigenvalue weighted by atomic mass is 79.9. The molecule has 0 radical (unpaired) electrons. The number of carbonyl (C=O) groups is 2. The number of nitrogens with zero attached hydrogens (tertiary/aromatic N) is 2. The number of amides is 1. The highest BCUT2D eigenvalue weighted by molar-refractivity contribution is 9.10. The van der Waals surface area contributed by atoms with E-state index >= 15 is 0 Å². The average Bonchev–Trinajstić information content (AvgIpc) is 2.57. The fraction of sp³-hybridized carbons (Fsp3) is 0.650. The van der Waals surface area contributed by atoms with Gasteiger partial charge in [0.1, 0.15) is 16.8 Å². The predicted molar refractivity (Wildman–Crippen MR) is 106 cm³/mol. The number of hydrogen-bond donors (Lipinski definition) is 1. The van der Waals surface area contributed by atoms with E-state index in [0.29, 0.717) is 30.5 Å². The summed E-state index contributed by atoms with van der Waals surface area (Å²) in [5.74, 6) is -0.987. The minimum Gasteiger partial charge on any atom is -0.480 e. The molecule has 28 heavy (non-hydrogen) atoms. The number of aromatic nitrogens is 1. The van der Waals surface area contributed by atoms with E-state index in [-0.39, 0.29) is 18.1 Å². The zero-order valence-corrected chi connectivity index (χ0v) is 18.1. The lowest BCUT2D eigenvalue weighted by Gasteiger charge is -2.55. The van der Waals surface area contributed by atoms with Crippen LogP contribution in [0.1, 0.15) is 52.0 Å². The van der Waals surface area contributed by atoms with Crippen LogP contribution < -0.4 is 0 Å². The van der Waals surface area contributed by atoms with E-state index in [1.54, 1.807) is 11.1 Å². The van der Waals surface area contributed by atoms with Gasteiger partial charge in [-0.05, 0) is 68.5 Å². The second-order valence-corrected chi connectivity index (χ2v) is 9.61. The van der Waals surface area contributed by atoms with Crippen molar-refractivity contribution in [3.63, 3.8) is 0 Å². The fourth-order valence-electron chi connectivity index (χ4n) is 4.14. The molecule has 1 N–H and O–H groups in total. The second-order valence-electron chi connectivity index (χ2n) is 8.85. The van der Waals surface area contributed by atoms with Crippen molar-refractivity contribution in [2.45, 2.75) is 57.7 Å². The fourth-order valence-corrected chi connectivity index (χ4v) is 4.75. The van der Waals surface area contributed by atoms with Crippen LogP contribution in [0.5, 0.6) is 0 Å². The molecule has 1 aromatic heterocycles. The van der Waals surface area contributed by atoms with Crippen molar-refractivity contribution in [3.05, 3.63) is 28.5 Å². The predicted octanol–water partition coefficient (Wildman–Crippen LogP) is 3.95. The highest BCUT2D eigenvalue weighted by Gasteiger charge is 2.52. The maximum atomic E-state index is 12.2. The Hall–Kier alpha value is -1.67. The van der Waals surface area contributed by atoms with Gasteiger partial charge in [-0.3, -0.25) is 0 Å². The van der Waals surface area contributed by atoms with E-state index in [1.165, 1.54) is 0 Å². The molecule has 1 saturated carbocycles. The number of ether oxygens (including phenoxy) is 2. The number of carboxylic acid groups (broad SMARTS) is 1. The molecule has 0 atom stereocenters. The van der Waals surface area contributed by atoms with Crippen molar-refractivity contribution >= 4 is 28.0 Å². The third kappa shape index (κ3) is 4.49. The molecule has 154 valence electrons. The van der Waals surface area contributed by atoms with Gasteiger partial charge < -0.3 is 19.5 Å². The normalized spacial score (nSPS) is 20.5. The molecule has 0 unspecified atom stereocenters. The molecule has 2 heterocycles. The maximum absolute atomic E-state index is 12.2. The molecule has 7 nitrogen and oxygen atoms in total. The Morgan fingerprint density at radius 3 is 2.43 bits per heavy atom. The number of rotatable bonds is 4. The van der Waals surface area contributed by atoms with Gasteiger partial charge in [-0.2, -0.15) is 0 Å². The third-order valence-electron chi connectivity index (χ3n) is 5.54. The summed E-state index contributed by atoms with van der Waals surface area (Å²) in [4.78, 5) is 29.4. The summed E-state index contributed by atoms with van der Waals surface area (Å²) in [5, 5.41) is 9.11. The van der Waals surface area contributed by atoms with Crippen LogP contribution in [0.15, 0.2) is 22.9 Å². The van der Waals surface area contributed by atoms with E-state index in [1.807, 2.05) is 32.9 Å². The molecule has 1 aromatic rings. The van der Waals surface area contributed by atoms with Gasteiger partial charge >= 0.3 is 12.1 Å². The molecule has 1 aliphatic carbocycles. The zero-order chi connectivity index (χ0) is 20.6. The summed E-state index contributed by atoms with van der Waals surface area (Å²) in [6.07, 6.45) is 4.50. The third-order valence-corrected chi connectivity index (χ3v) is 6.18. The number of carboxylic acids is 1. The molecule has 1 aliphatic heterocycles. The number of carbonyl (C=O) groups excluding carboxylic acids is 1. The van der Waals surface area contributed by atoms with Crippen LogP contribution in [0.2, 0.25) is 0 Å². The highest BCUT2D eigenvalue weighted by Crippen LogP contribution is 2.52. The Kier molecular flexibility index (Phi) is 5.74. The molecule has 0 aromatic carbocycles. The first-order chi connectivity index (χ1) is 13.0. The minimum absolute atomic E-state index is 0.0572. The number of halogens is 1. The lowest BCUT2D eigenvalue weighted by atomic mass is 9.63. The standard InChI is InChI=1S/C20H27BrN2O5/c1-18(2,3)28-17(26)23-12-19(13-23)6-8-20(9-7-19,27-11-15(24)25)14-5-4-10-22-16(14)21/h4-5,10H,6-9,11-13H2,1-3H3,(H,24,25). The monoisotopic (exact) mass is 454 g/mol. The zero-order valence-electron chi connectivity index (χ0n) is 16.5. The van der Waals surface area contributed by atoms with Gasteiger partial charge in [0.25, 0.3) is 0 Å². The summed E-state index contributed by atoms with van der Waals surface area (Å²) in [7, 11) is 0. The van der Waals surface area contributed by atoms with Gasteiger partial charge in [0.05, 0.1) is 5.60 Å². The molecule has 2 fully saturated rings. The van der Waals surface area contributed by atoms with Gasteiger partial charge in [0.2, 0.25) is 0 Å². The lowest BCUT2D eigenvalue weighted by Crippen LogP contribution is -2.61. The molecule has 1 amide bonds. The van der Waals surface area contributed by atoms with Crippen molar-refractivity contribution < 1.29 is 24.2 Å². The van der Waals surface area contributed by atoms with Gasteiger partial charge in [0.15, 0.2) is 0 Å². The SMILES string of the molecule is CC(C)(C)OC(=O)N1CC2(CCC(OCC(=O)O)(c3cccnc3Br)CC2)C1. The molecule has 8 heteroatoms. The van der Waals surface area contributed by atoms with Gasteiger partial charge in [-0.25, -0.2) is 14.6 Å². The summed E-state index contributed by atoms with van der Waals surface area (Å²) in [6.45, 7) is 6.58. The van der Waals surface area contributed by atoms with Crippen molar-refractivity contribution in [3.8, 4) is 0 Å². The smallest absolute Gasteiger partial charge is 0.410 e. The molecular weight excluding hydrogens is 428 g/mol. The second kappa shape index (κ2) is 7.63. The first-order valence-electron chi connectivity index (χ1n) is 9.49. The largest absolute Gasteiger partial charge is 0.480 e. The van der Waals surface area contributed by atoms with Crippen molar-refractivity contribution in [2.75, 3.05) is 19.7 Å². The number of pyridine rings is 1. The first-order valence-corrected chi connectivity index (χ1v) is 10.3. The Balaban J connectivity index is 1.68. The first kappa shape index (κ1) is 21.0. The lowest BCUT2D eigenvalue weighted by molar-refractivity contribution is -0.161. The Morgan fingerprint density at radius 1 is 1.25 bits per heavy atom. The van der Waals surface area contributed by atoms with Crippen molar-refractivity contribution in [1.29, 1.82) is 0 Å². The van der Waals surface area contributed by atoms with Crippen LogP contribution >= 0.6 is 15.9 Å². The minimum atomic E-state index is -0.987. The number of hydrogen-bond acceptors (Lipinski definition) is 5. The van der Waals surface area contributed by atoms with Crippen LogP contribution in [-0.4, -0.2) is 52.4 Å². The van der Waals surface area contributed by atoms with Crippen LogP contribution in [0.4, 0.5) is 4.79 Å². The Bertz CT molecular complexity index is 745. The molecular formula is C20H27BrN2O5. The van der Waals surface area contributed by atoms with E-state index in [4.69, 9.17) is 14.6 Å². The van der Waals surface area contributed by atoms with E-state index < -0.39 is 17.2 Å². The topological polar surface area (TPSA) is 89.0 Å². The van der Waals surface area contributed by atoms with Crippen molar-refractivity contribution in [2.24, 2.45) is 5.41 Å². The summed E-state index contributed by atoms with van der Waals surface area (Å²) in [6, 6.07) is 3.77. The number of likely N-dealkylation sites (tertiary alicyclic amines) is 1. The summed E-state index contributed by atoms with van der Waals surface area (Å²) in [5.41, 5.74) is -0.238. The molecule has 0 bridgehead atoms. The van der Waals surface area contributed by atoms with Gasteiger partial charge in [-0.15, -0.1) is 0 Å². The quantitative estimate of drug-likeness (QED) is 0.692. The number of aliphatic carboxylic acids is 1. The van der Waals surface area contributed by atoms with Crippen LogP contribution in [-0.2, 0) is 19.9 Å². The van der Waals surface area contributed by atoms with Gasteiger partial charge in [-0.1, -0.05) is 6.07 Å². The van der Waals surface area contributed by atoms with Crippen LogP contribution in [0, 0.1) is 5.41 Å². The maximum Gasteiger partial charge on any atom is 0.410 e. The Morgan fingerprint density at radius 2 is 1.89 bits per heavy atom. The van der Waals surface area contributed by atoms with Crippen LogP contribution in [0.3, 0.4) is 0 Å². The molecule has 2 aliphatic rings. The van der Waals surface area contributed by atoms with Crippen molar-refractivity contribution in [1.82, 2.24) is 9.88 Å². The summed E-state index contributed by atoms with van der Waals surface area (Å²) < 4.78 is 12.1. The molecule has 3 rings (SSSR count). The molecule has 1 spiro atoms. The Labute approximate surface area is 173 Å². The van der Waals surface area contributed by atoms with E-state index in [9.17, 15) is 9.59 Å². The van der Waals surface area contributed by atoms with Crippen LogP contribution in [0.25, 0.3) is 0 Å². The average molecular weight is 455 g/mol. The van der Waals surface area contributed by atoms with Gasteiger partial charge in [0, 0.05) is 30.3 Å². The molecule has 1 saturated heterocycles.